The van der Waals surface area contributed by atoms with Crippen molar-refractivity contribution in [3.05, 3.63) is 107 Å². The highest BCUT2D eigenvalue weighted by Gasteiger charge is 2.20. The van der Waals surface area contributed by atoms with Crippen LogP contribution < -0.4 is 15.2 Å². The van der Waals surface area contributed by atoms with Gasteiger partial charge in [0.05, 0.1) is 12.2 Å². The fraction of sp³-hybridized carbons (Fsp3) is 0.107. The Morgan fingerprint density at radius 2 is 1.79 bits per heavy atom. The Labute approximate surface area is 197 Å². The molecule has 0 atom stereocenters. The van der Waals surface area contributed by atoms with Crippen LogP contribution >= 0.6 is 0 Å². The van der Waals surface area contributed by atoms with E-state index in [0.717, 1.165) is 16.7 Å². The van der Waals surface area contributed by atoms with Crippen LogP contribution in [0, 0.1) is 0 Å². The van der Waals surface area contributed by atoms with Crippen LogP contribution in [0.25, 0.3) is 11.3 Å². The van der Waals surface area contributed by atoms with Crippen molar-refractivity contribution >= 4 is 11.7 Å². The Hall–Kier alpha value is -4.45. The van der Waals surface area contributed by atoms with Crippen LogP contribution in [-0.4, -0.2) is 23.3 Å². The number of Topliss-reactive ketones (excluding diaryl/α,β-unsaturated/α-hetero) is 1. The summed E-state index contributed by atoms with van der Waals surface area (Å²) in [7, 11) is 0. The molecule has 168 valence electrons. The second kappa shape index (κ2) is 9.19. The van der Waals surface area contributed by atoms with Gasteiger partial charge >= 0.3 is 0 Å². The number of hydrogen-bond acceptors (Lipinski definition) is 5. The summed E-state index contributed by atoms with van der Waals surface area (Å²) in [6, 6.07) is 24.2. The van der Waals surface area contributed by atoms with Gasteiger partial charge in [-0.25, -0.2) is 0 Å². The van der Waals surface area contributed by atoms with E-state index in [2.05, 4.69) is 4.98 Å². The van der Waals surface area contributed by atoms with Crippen molar-refractivity contribution in [1.29, 1.82) is 0 Å². The van der Waals surface area contributed by atoms with E-state index in [1.807, 2.05) is 48.5 Å². The molecule has 4 aromatic rings. The van der Waals surface area contributed by atoms with Gasteiger partial charge in [0.25, 0.3) is 0 Å². The van der Waals surface area contributed by atoms with Crippen LogP contribution in [0.5, 0.6) is 17.2 Å². The van der Waals surface area contributed by atoms with Gasteiger partial charge < -0.3 is 15.2 Å². The van der Waals surface area contributed by atoms with Crippen molar-refractivity contribution in [2.75, 3.05) is 6.61 Å². The number of primary amides is 1. The van der Waals surface area contributed by atoms with Gasteiger partial charge in [-0.2, -0.15) is 0 Å². The lowest BCUT2D eigenvalue weighted by molar-refractivity contribution is 0.0932. The summed E-state index contributed by atoms with van der Waals surface area (Å²) < 4.78 is 12.1. The number of rotatable bonds is 6. The van der Waals surface area contributed by atoms with Gasteiger partial charge in [-0.1, -0.05) is 42.5 Å². The smallest absolute Gasteiger partial charge is 0.248 e. The van der Waals surface area contributed by atoms with Crippen molar-refractivity contribution in [3.8, 4) is 28.5 Å². The van der Waals surface area contributed by atoms with E-state index in [-0.39, 0.29) is 5.78 Å². The average Bonchev–Trinajstić information content (AvgIpc) is 2.86. The zero-order valence-corrected chi connectivity index (χ0v) is 18.4. The second-order valence-corrected chi connectivity index (χ2v) is 8.03. The lowest BCUT2D eigenvalue weighted by Crippen LogP contribution is -2.15. The standard InChI is InChI=1S/C28H22N2O4/c29-28(32)20-8-6-18(7-9-20)16-21-12-14-30-26(19-4-2-1-3-5-19)27(21)34-22-10-11-23-24(31)13-15-33-25(23)17-22/h1-12,14,17H,13,15-16H2,(H2,29,32). The Balaban J connectivity index is 1.55. The van der Waals surface area contributed by atoms with Crippen LogP contribution in [-0.2, 0) is 6.42 Å². The summed E-state index contributed by atoms with van der Waals surface area (Å²) >= 11 is 0. The van der Waals surface area contributed by atoms with Gasteiger partial charge in [-0.15, -0.1) is 0 Å². The number of carbonyl (C=O) groups is 2. The summed E-state index contributed by atoms with van der Waals surface area (Å²) in [5.74, 6) is 1.32. The molecule has 0 saturated heterocycles. The maximum atomic E-state index is 12.2. The molecule has 34 heavy (non-hydrogen) atoms. The molecular formula is C28H22N2O4. The van der Waals surface area contributed by atoms with E-state index >= 15 is 0 Å². The minimum atomic E-state index is -0.459. The first-order valence-corrected chi connectivity index (χ1v) is 11.0. The predicted octanol–water partition coefficient (Wildman–Crippen LogP) is 5.20. The molecule has 0 radical (unpaired) electrons. The molecular weight excluding hydrogens is 428 g/mol. The molecule has 0 bridgehead atoms. The van der Waals surface area contributed by atoms with Gasteiger partial charge in [0.2, 0.25) is 5.91 Å². The normalized spacial score (nSPS) is 12.5. The Bertz CT molecular complexity index is 1370. The number of pyridine rings is 1. The number of ether oxygens (including phenoxy) is 2. The number of nitrogens with two attached hydrogens (primary N) is 1. The highest BCUT2D eigenvalue weighted by Crippen LogP contribution is 2.38. The molecule has 2 N–H and O–H groups in total. The third-order valence-electron chi connectivity index (χ3n) is 5.73. The average molecular weight is 450 g/mol. The highest BCUT2D eigenvalue weighted by molar-refractivity contribution is 5.99. The zero-order valence-electron chi connectivity index (χ0n) is 18.4. The van der Waals surface area contributed by atoms with E-state index in [1.165, 1.54) is 0 Å². The summed E-state index contributed by atoms with van der Waals surface area (Å²) in [4.78, 5) is 28.2. The molecule has 0 spiro atoms. The first kappa shape index (κ1) is 21.4. The number of amides is 1. The summed E-state index contributed by atoms with van der Waals surface area (Å²) in [5, 5.41) is 0. The molecule has 1 amide bonds. The first-order chi connectivity index (χ1) is 16.6. The van der Waals surface area contributed by atoms with E-state index < -0.39 is 5.91 Å². The van der Waals surface area contributed by atoms with Gasteiger partial charge in [0, 0.05) is 41.8 Å². The van der Waals surface area contributed by atoms with Gasteiger partial charge in [0.1, 0.15) is 17.2 Å². The molecule has 1 aromatic heterocycles. The molecule has 0 fully saturated rings. The van der Waals surface area contributed by atoms with Gasteiger partial charge in [-0.05, 0) is 35.9 Å². The maximum Gasteiger partial charge on any atom is 0.248 e. The maximum absolute atomic E-state index is 12.2. The van der Waals surface area contributed by atoms with Gasteiger partial charge in [-0.3, -0.25) is 14.6 Å². The molecule has 0 unspecified atom stereocenters. The number of hydrogen-bond donors (Lipinski definition) is 1. The SMILES string of the molecule is NC(=O)c1ccc(Cc2ccnc(-c3ccccc3)c2Oc2ccc3c(c2)OCCC3=O)cc1. The van der Waals surface area contributed by atoms with Crippen LogP contribution in [0.2, 0.25) is 0 Å². The number of carbonyl (C=O) groups excluding carboxylic acids is 2. The molecule has 1 aliphatic rings. The third-order valence-corrected chi connectivity index (χ3v) is 5.73. The molecule has 6 nitrogen and oxygen atoms in total. The van der Waals surface area contributed by atoms with Crippen molar-refractivity contribution < 1.29 is 19.1 Å². The minimum absolute atomic E-state index is 0.0687. The minimum Gasteiger partial charge on any atom is -0.492 e. The van der Waals surface area contributed by atoms with Crippen LogP contribution in [0.4, 0.5) is 0 Å². The Morgan fingerprint density at radius 1 is 1.00 bits per heavy atom. The molecule has 2 heterocycles. The fourth-order valence-electron chi connectivity index (χ4n) is 3.97. The number of benzene rings is 3. The summed E-state index contributed by atoms with van der Waals surface area (Å²) in [6.45, 7) is 0.365. The molecule has 5 rings (SSSR count). The van der Waals surface area contributed by atoms with E-state index in [1.54, 1.807) is 36.5 Å². The number of nitrogens with zero attached hydrogens (tertiary/aromatic N) is 1. The lowest BCUT2D eigenvalue weighted by atomic mass is 10.0. The van der Waals surface area contributed by atoms with Crippen LogP contribution in [0.15, 0.2) is 85.1 Å². The molecule has 6 heteroatoms. The first-order valence-electron chi connectivity index (χ1n) is 11.0. The molecule has 1 aliphatic heterocycles. The molecule has 0 saturated carbocycles. The summed E-state index contributed by atoms with van der Waals surface area (Å²) in [6.07, 6.45) is 2.71. The Kier molecular flexibility index (Phi) is 5.79. The molecule has 0 aliphatic carbocycles. The Morgan fingerprint density at radius 3 is 2.56 bits per heavy atom. The van der Waals surface area contributed by atoms with E-state index in [9.17, 15) is 9.59 Å². The van der Waals surface area contributed by atoms with E-state index in [4.69, 9.17) is 15.2 Å². The van der Waals surface area contributed by atoms with Crippen LogP contribution in [0.1, 0.15) is 38.3 Å². The number of ketones is 1. The topological polar surface area (TPSA) is 91.5 Å². The van der Waals surface area contributed by atoms with E-state index in [0.29, 0.717) is 53.5 Å². The van der Waals surface area contributed by atoms with Gasteiger partial charge in [0.15, 0.2) is 11.5 Å². The third kappa shape index (κ3) is 4.38. The summed E-state index contributed by atoms with van der Waals surface area (Å²) in [5.41, 5.74) is 9.96. The monoisotopic (exact) mass is 450 g/mol. The van der Waals surface area contributed by atoms with Crippen LogP contribution in [0.3, 0.4) is 0 Å². The predicted molar refractivity (Wildman–Crippen MR) is 128 cm³/mol. The zero-order chi connectivity index (χ0) is 23.5. The van der Waals surface area contributed by atoms with Crippen molar-refractivity contribution in [3.63, 3.8) is 0 Å². The number of aromatic nitrogens is 1. The van der Waals surface area contributed by atoms with Crippen molar-refractivity contribution in [2.45, 2.75) is 12.8 Å². The fourth-order valence-corrected chi connectivity index (χ4v) is 3.97. The largest absolute Gasteiger partial charge is 0.492 e. The number of fused-ring (bicyclic) bond motifs is 1. The lowest BCUT2D eigenvalue weighted by Gasteiger charge is -2.19. The molecule has 3 aromatic carbocycles. The van der Waals surface area contributed by atoms with Crippen molar-refractivity contribution in [1.82, 2.24) is 4.98 Å². The second-order valence-electron chi connectivity index (χ2n) is 8.03. The van der Waals surface area contributed by atoms with Crippen molar-refractivity contribution in [2.24, 2.45) is 5.73 Å². The quantitative estimate of drug-likeness (QED) is 0.436. The highest BCUT2D eigenvalue weighted by atomic mass is 16.5.